The van der Waals surface area contributed by atoms with Crippen molar-refractivity contribution < 1.29 is 14.7 Å². The van der Waals surface area contributed by atoms with E-state index in [-0.39, 0.29) is 23.5 Å². The number of carbonyl (C=O) groups excluding carboxylic acids is 1. The maximum Gasteiger partial charge on any atom is 0.354 e. The molecule has 0 radical (unpaired) electrons. The Morgan fingerprint density at radius 1 is 1.42 bits per heavy atom. The van der Waals surface area contributed by atoms with Crippen LogP contribution in [0.2, 0.25) is 0 Å². The molecule has 0 aliphatic heterocycles. The van der Waals surface area contributed by atoms with E-state index >= 15 is 0 Å². The van der Waals surface area contributed by atoms with Crippen LogP contribution in [-0.2, 0) is 0 Å². The van der Waals surface area contributed by atoms with Crippen molar-refractivity contribution in [3.05, 3.63) is 29.6 Å². The molecule has 1 heterocycles. The molecule has 1 unspecified atom stereocenters. The van der Waals surface area contributed by atoms with Crippen molar-refractivity contribution in [1.82, 2.24) is 10.3 Å². The summed E-state index contributed by atoms with van der Waals surface area (Å²) in [5.74, 6) is -1.09. The molecule has 1 aliphatic rings. The van der Waals surface area contributed by atoms with Crippen LogP contribution in [0, 0.1) is 6.92 Å². The Labute approximate surface area is 110 Å². The molecule has 0 bridgehead atoms. The number of aromatic nitrogens is 1. The third-order valence-electron chi connectivity index (χ3n) is 3.02. The van der Waals surface area contributed by atoms with Crippen LogP contribution >= 0.6 is 0 Å². The first-order chi connectivity index (χ1) is 9.06. The second kappa shape index (κ2) is 5.60. The zero-order valence-electron chi connectivity index (χ0n) is 10.7. The second-order valence-electron chi connectivity index (χ2n) is 4.63. The summed E-state index contributed by atoms with van der Waals surface area (Å²) in [4.78, 5) is 25.5. The van der Waals surface area contributed by atoms with Gasteiger partial charge in [-0.05, 0) is 32.3 Å². The number of H-pyrrole nitrogens is 1. The molecule has 0 saturated carbocycles. The monoisotopic (exact) mass is 263 g/mol. The number of carboxylic acids is 1. The lowest BCUT2D eigenvalue weighted by atomic mass is 10.0. The number of urea groups is 1. The van der Waals surface area contributed by atoms with Gasteiger partial charge in [0.05, 0.1) is 5.69 Å². The molecule has 6 heteroatoms. The number of carbonyl (C=O) groups is 2. The van der Waals surface area contributed by atoms with Gasteiger partial charge in [0.2, 0.25) is 0 Å². The number of aromatic amines is 1. The van der Waals surface area contributed by atoms with Crippen LogP contribution in [0.4, 0.5) is 10.5 Å². The highest BCUT2D eigenvalue weighted by atomic mass is 16.4. The van der Waals surface area contributed by atoms with E-state index in [1.807, 2.05) is 6.08 Å². The Kier molecular flexibility index (Phi) is 3.89. The van der Waals surface area contributed by atoms with Gasteiger partial charge >= 0.3 is 12.0 Å². The van der Waals surface area contributed by atoms with Crippen LogP contribution in [0.15, 0.2) is 18.2 Å². The standard InChI is InChI=1S/C13H17N3O3/c1-8-7-10(11(14-8)12(17)18)16-13(19)15-9-5-3-2-4-6-9/h2-3,7,9,14H,4-6H2,1H3,(H,17,18)(H2,15,16,19). The number of rotatable bonds is 3. The average molecular weight is 263 g/mol. The van der Waals surface area contributed by atoms with Crippen LogP contribution in [0.3, 0.4) is 0 Å². The highest BCUT2D eigenvalue weighted by Gasteiger charge is 2.17. The molecule has 1 aliphatic carbocycles. The largest absolute Gasteiger partial charge is 0.477 e. The van der Waals surface area contributed by atoms with Gasteiger partial charge in [0.1, 0.15) is 5.69 Å². The van der Waals surface area contributed by atoms with Crippen molar-refractivity contribution in [3.63, 3.8) is 0 Å². The van der Waals surface area contributed by atoms with Crippen LogP contribution in [0.1, 0.15) is 35.4 Å². The lowest BCUT2D eigenvalue weighted by Gasteiger charge is -2.19. The number of carboxylic acid groups (broad SMARTS) is 1. The van der Waals surface area contributed by atoms with Gasteiger partial charge in [-0.3, -0.25) is 0 Å². The van der Waals surface area contributed by atoms with Gasteiger partial charge in [0.25, 0.3) is 0 Å². The van der Waals surface area contributed by atoms with Gasteiger partial charge in [-0.1, -0.05) is 12.2 Å². The summed E-state index contributed by atoms with van der Waals surface area (Å²) < 4.78 is 0. The first-order valence-corrected chi connectivity index (χ1v) is 6.21. The number of allylic oxidation sites excluding steroid dienone is 1. The van der Waals surface area contributed by atoms with E-state index in [1.54, 1.807) is 13.0 Å². The minimum Gasteiger partial charge on any atom is -0.477 e. The SMILES string of the molecule is Cc1cc(NC(=O)NC2CC=CCC2)c(C(=O)O)[nH]1. The number of aryl methyl sites for hydroxylation is 1. The molecule has 0 saturated heterocycles. The normalized spacial score (nSPS) is 18.1. The smallest absolute Gasteiger partial charge is 0.354 e. The van der Waals surface area contributed by atoms with Crippen LogP contribution < -0.4 is 10.6 Å². The molecule has 0 fully saturated rings. The van der Waals surface area contributed by atoms with E-state index in [0.717, 1.165) is 19.3 Å². The lowest BCUT2D eigenvalue weighted by molar-refractivity contribution is 0.0692. The van der Waals surface area contributed by atoms with E-state index in [0.29, 0.717) is 5.69 Å². The van der Waals surface area contributed by atoms with E-state index in [1.165, 1.54) is 0 Å². The molecule has 102 valence electrons. The summed E-state index contributed by atoms with van der Waals surface area (Å²) in [5.41, 5.74) is 0.971. The molecular formula is C13H17N3O3. The summed E-state index contributed by atoms with van der Waals surface area (Å²) in [6.07, 6.45) is 6.80. The van der Waals surface area contributed by atoms with Crippen molar-refractivity contribution in [2.45, 2.75) is 32.2 Å². The molecule has 1 aromatic heterocycles. The first-order valence-electron chi connectivity index (χ1n) is 6.21. The van der Waals surface area contributed by atoms with Crippen molar-refractivity contribution >= 4 is 17.7 Å². The van der Waals surface area contributed by atoms with Crippen LogP contribution in [0.25, 0.3) is 0 Å². The third-order valence-corrected chi connectivity index (χ3v) is 3.02. The number of hydrogen-bond acceptors (Lipinski definition) is 2. The molecule has 1 atom stereocenters. The van der Waals surface area contributed by atoms with Gasteiger partial charge in [-0.2, -0.15) is 0 Å². The quantitative estimate of drug-likeness (QED) is 0.630. The fraction of sp³-hybridized carbons (Fsp3) is 0.385. The minimum absolute atomic E-state index is 0.00353. The highest BCUT2D eigenvalue weighted by molar-refractivity contribution is 5.99. The molecule has 2 rings (SSSR count). The van der Waals surface area contributed by atoms with Crippen molar-refractivity contribution in [1.29, 1.82) is 0 Å². The molecule has 0 spiro atoms. The predicted octanol–water partition coefficient (Wildman–Crippen LogP) is 2.25. The Bertz CT molecular complexity index is 519. The average Bonchev–Trinajstić information content (AvgIpc) is 2.71. The van der Waals surface area contributed by atoms with Crippen molar-refractivity contribution in [2.24, 2.45) is 0 Å². The van der Waals surface area contributed by atoms with Crippen molar-refractivity contribution in [2.75, 3.05) is 5.32 Å². The Morgan fingerprint density at radius 3 is 2.84 bits per heavy atom. The van der Waals surface area contributed by atoms with E-state index in [9.17, 15) is 9.59 Å². The van der Waals surface area contributed by atoms with Gasteiger partial charge < -0.3 is 20.7 Å². The fourth-order valence-electron chi connectivity index (χ4n) is 2.13. The third kappa shape index (κ3) is 3.37. The number of nitrogens with one attached hydrogen (secondary N) is 3. The summed E-state index contributed by atoms with van der Waals surface area (Å²) >= 11 is 0. The van der Waals surface area contributed by atoms with Crippen LogP contribution in [-0.4, -0.2) is 28.1 Å². The zero-order chi connectivity index (χ0) is 13.8. The predicted molar refractivity (Wildman–Crippen MR) is 71.4 cm³/mol. The van der Waals surface area contributed by atoms with Gasteiger partial charge in [-0.15, -0.1) is 0 Å². The highest BCUT2D eigenvalue weighted by Crippen LogP contribution is 2.17. The first kappa shape index (κ1) is 13.2. The Hall–Kier alpha value is -2.24. The van der Waals surface area contributed by atoms with Gasteiger partial charge in [0.15, 0.2) is 0 Å². The maximum atomic E-state index is 11.8. The number of anilines is 1. The maximum absolute atomic E-state index is 11.8. The minimum atomic E-state index is -1.09. The Morgan fingerprint density at radius 2 is 2.21 bits per heavy atom. The molecule has 1 aromatic rings. The lowest BCUT2D eigenvalue weighted by Crippen LogP contribution is -2.38. The molecule has 6 nitrogen and oxygen atoms in total. The molecule has 19 heavy (non-hydrogen) atoms. The van der Waals surface area contributed by atoms with Crippen molar-refractivity contribution in [3.8, 4) is 0 Å². The number of aromatic carboxylic acids is 1. The van der Waals surface area contributed by atoms with Gasteiger partial charge in [-0.25, -0.2) is 9.59 Å². The number of amides is 2. The van der Waals surface area contributed by atoms with Gasteiger partial charge in [0, 0.05) is 11.7 Å². The summed E-state index contributed by atoms with van der Waals surface area (Å²) in [6, 6.07) is 1.34. The van der Waals surface area contributed by atoms with E-state index in [2.05, 4.69) is 21.7 Å². The zero-order valence-corrected chi connectivity index (χ0v) is 10.7. The molecule has 4 N–H and O–H groups in total. The summed E-state index contributed by atoms with van der Waals surface area (Å²) in [5, 5.41) is 14.4. The second-order valence-corrected chi connectivity index (χ2v) is 4.63. The molecular weight excluding hydrogens is 246 g/mol. The van der Waals surface area contributed by atoms with Crippen LogP contribution in [0.5, 0.6) is 0 Å². The molecule has 2 amide bonds. The summed E-state index contributed by atoms with van der Waals surface area (Å²) in [6.45, 7) is 1.74. The van der Waals surface area contributed by atoms with E-state index < -0.39 is 5.97 Å². The Balaban J connectivity index is 1.98. The summed E-state index contributed by atoms with van der Waals surface area (Å²) in [7, 11) is 0. The topological polar surface area (TPSA) is 94.2 Å². The fourth-order valence-corrected chi connectivity index (χ4v) is 2.13. The number of hydrogen-bond donors (Lipinski definition) is 4. The van der Waals surface area contributed by atoms with E-state index in [4.69, 9.17) is 5.11 Å². The molecule has 0 aromatic carbocycles.